The fraction of sp³-hybridized carbons (Fsp3) is 0.620. The molecule has 1 aliphatic heterocycles. The summed E-state index contributed by atoms with van der Waals surface area (Å²) in [7, 11) is -3.07. The summed E-state index contributed by atoms with van der Waals surface area (Å²) in [6.07, 6.45) is 2.87. The normalized spacial score (nSPS) is 16.7. The Kier molecular flexibility index (Phi) is 18.4. The van der Waals surface area contributed by atoms with Crippen LogP contribution in [0.5, 0.6) is 11.5 Å². The van der Waals surface area contributed by atoms with Gasteiger partial charge in [-0.15, -0.1) is 0 Å². The average Bonchev–Trinajstić information content (AvgIpc) is 3.91. The van der Waals surface area contributed by atoms with Crippen LogP contribution in [-0.2, 0) is 30.1 Å². The second-order valence-electron chi connectivity index (χ2n) is 21.2. The molecule has 67 heavy (non-hydrogen) atoms. The molecule has 0 unspecified atom stereocenters. The number of carbonyl (C=O) groups is 5. The lowest BCUT2D eigenvalue weighted by atomic mass is 10.0. The second kappa shape index (κ2) is 22.5. The van der Waals surface area contributed by atoms with Gasteiger partial charge in [0.2, 0.25) is 11.8 Å². The summed E-state index contributed by atoms with van der Waals surface area (Å²) in [4.78, 5) is 68.8. The van der Waals surface area contributed by atoms with Crippen LogP contribution in [0.25, 0.3) is 0 Å². The van der Waals surface area contributed by atoms with Crippen molar-refractivity contribution in [1.82, 2.24) is 15.5 Å². The third kappa shape index (κ3) is 13.6. The SMILES string of the molecule is C=CCOC(=O)N[C@@H](C(=O)N[C@@H](C)C(=O)Nc1ccc(COC(=O)Nc2cc(O[Si](C(C)C)(C(C)C)C(C)C)c(OC)cc2C(=O)N2CC3(CC3)C[C@H]2CO[Si](C)(C)C(C)(C)C)cc1)C(C)C. The number of carbonyl (C=O) groups excluding carboxylic acids is 5. The van der Waals surface area contributed by atoms with Crippen LogP contribution in [0.4, 0.5) is 21.0 Å². The van der Waals surface area contributed by atoms with Crippen LogP contribution in [0, 0.1) is 11.3 Å². The fourth-order valence-electron chi connectivity index (χ4n) is 8.83. The van der Waals surface area contributed by atoms with E-state index in [0.717, 1.165) is 19.3 Å². The Morgan fingerprint density at radius 3 is 1.97 bits per heavy atom. The van der Waals surface area contributed by atoms with Gasteiger partial charge in [0, 0.05) is 18.3 Å². The Bertz CT molecular complexity index is 2060. The quantitative estimate of drug-likeness (QED) is 0.0694. The number of benzene rings is 2. The van der Waals surface area contributed by atoms with Gasteiger partial charge < -0.3 is 43.9 Å². The summed E-state index contributed by atoms with van der Waals surface area (Å²) in [5, 5.41) is 10.9. The third-order valence-electron chi connectivity index (χ3n) is 13.9. The molecule has 2 aromatic rings. The van der Waals surface area contributed by atoms with Crippen LogP contribution in [-0.4, -0.2) is 96.4 Å². The zero-order valence-corrected chi connectivity index (χ0v) is 44.8. The van der Waals surface area contributed by atoms with Gasteiger partial charge in [0.05, 0.1) is 31.0 Å². The van der Waals surface area contributed by atoms with E-state index >= 15 is 0 Å². The molecule has 1 aliphatic carbocycles. The van der Waals surface area contributed by atoms with Crippen LogP contribution in [0.15, 0.2) is 49.1 Å². The van der Waals surface area contributed by atoms with Crippen LogP contribution in [0.3, 0.4) is 0 Å². The molecule has 4 N–H and O–H groups in total. The first kappa shape index (κ1) is 54.7. The lowest BCUT2D eigenvalue weighted by molar-refractivity contribution is -0.128. The summed E-state index contributed by atoms with van der Waals surface area (Å²) in [6.45, 7) is 33.7. The topological polar surface area (TPSA) is 183 Å². The summed E-state index contributed by atoms with van der Waals surface area (Å²) in [5.74, 6) is -0.645. The largest absolute Gasteiger partial charge is 0.540 e. The van der Waals surface area contributed by atoms with Gasteiger partial charge in [-0.25, -0.2) is 9.59 Å². The van der Waals surface area contributed by atoms with E-state index in [1.165, 1.54) is 13.0 Å². The van der Waals surface area contributed by atoms with Crippen molar-refractivity contribution < 1.29 is 47.0 Å². The smallest absolute Gasteiger partial charge is 0.411 e. The summed E-state index contributed by atoms with van der Waals surface area (Å²) in [6, 6.07) is 8.14. The highest BCUT2D eigenvalue weighted by Gasteiger charge is 2.54. The molecular formula is C50H79N5O10Si2. The van der Waals surface area contributed by atoms with Crippen LogP contribution in [0.2, 0.25) is 34.8 Å². The Labute approximate surface area is 401 Å². The Balaban J connectivity index is 1.54. The zero-order valence-electron chi connectivity index (χ0n) is 42.8. The summed E-state index contributed by atoms with van der Waals surface area (Å²) in [5.41, 5.74) is 2.44. The van der Waals surface area contributed by atoms with E-state index in [1.807, 2.05) is 4.90 Å². The van der Waals surface area contributed by atoms with E-state index < -0.39 is 52.7 Å². The van der Waals surface area contributed by atoms with Crippen LogP contribution >= 0.6 is 0 Å². The van der Waals surface area contributed by atoms with Crippen molar-refractivity contribution in [1.29, 1.82) is 0 Å². The van der Waals surface area contributed by atoms with Crippen molar-refractivity contribution in [3.63, 3.8) is 0 Å². The number of likely N-dealkylation sites (tertiary alicyclic amines) is 1. The molecule has 0 bridgehead atoms. The minimum atomic E-state index is -2.52. The lowest BCUT2D eigenvalue weighted by Crippen LogP contribution is -2.53. The van der Waals surface area contributed by atoms with Crippen molar-refractivity contribution in [3.8, 4) is 11.5 Å². The first-order valence-electron chi connectivity index (χ1n) is 23.7. The number of alkyl carbamates (subject to hydrolysis) is 1. The molecule has 0 radical (unpaired) electrons. The Morgan fingerprint density at radius 2 is 1.45 bits per heavy atom. The van der Waals surface area contributed by atoms with Crippen molar-refractivity contribution in [2.75, 3.05) is 37.5 Å². The molecule has 1 spiro atoms. The van der Waals surface area contributed by atoms with Crippen LogP contribution in [0.1, 0.15) is 118 Å². The molecule has 2 aromatic carbocycles. The van der Waals surface area contributed by atoms with Crippen molar-refractivity contribution in [2.45, 2.75) is 162 Å². The number of nitrogens with one attached hydrogen (secondary N) is 4. The molecule has 2 aliphatic rings. The molecule has 5 amide bonds. The number of amides is 5. The van der Waals surface area contributed by atoms with Crippen LogP contribution < -0.4 is 30.4 Å². The minimum Gasteiger partial charge on any atom is -0.540 e. The number of rotatable bonds is 21. The fourth-order valence-corrected chi connectivity index (χ4v) is 15.1. The molecule has 0 aromatic heterocycles. The van der Waals surface area contributed by atoms with E-state index in [0.29, 0.717) is 35.9 Å². The van der Waals surface area contributed by atoms with Gasteiger partial charge in [-0.1, -0.05) is 101 Å². The highest BCUT2D eigenvalue weighted by Crippen LogP contribution is 2.56. The first-order valence-corrected chi connectivity index (χ1v) is 28.8. The molecule has 1 saturated heterocycles. The maximum atomic E-state index is 14.9. The molecule has 3 atom stereocenters. The number of hydrogen-bond acceptors (Lipinski definition) is 10. The predicted molar refractivity (Wildman–Crippen MR) is 269 cm³/mol. The number of methoxy groups -OCH3 is 1. The predicted octanol–water partition coefficient (Wildman–Crippen LogP) is 10.4. The summed E-state index contributed by atoms with van der Waals surface area (Å²) >= 11 is 0. The molecular weight excluding hydrogens is 887 g/mol. The molecule has 372 valence electrons. The number of ether oxygens (including phenoxy) is 3. The maximum absolute atomic E-state index is 14.9. The van der Waals surface area contributed by atoms with Gasteiger partial charge in [0.1, 0.15) is 31.0 Å². The van der Waals surface area contributed by atoms with E-state index in [2.05, 4.69) is 103 Å². The molecule has 17 heteroatoms. The highest BCUT2D eigenvalue weighted by molar-refractivity contribution is 6.78. The van der Waals surface area contributed by atoms with Gasteiger partial charge in [-0.3, -0.25) is 19.7 Å². The Morgan fingerprint density at radius 1 is 0.836 bits per heavy atom. The Hall–Kier alpha value is -4.88. The minimum absolute atomic E-state index is 0.00915. The molecule has 1 saturated carbocycles. The molecule has 1 heterocycles. The van der Waals surface area contributed by atoms with E-state index in [-0.39, 0.29) is 69.4 Å². The molecule has 4 rings (SSSR count). The summed E-state index contributed by atoms with van der Waals surface area (Å²) < 4.78 is 30.5. The maximum Gasteiger partial charge on any atom is 0.411 e. The van der Waals surface area contributed by atoms with Gasteiger partial charge in [0.15, 0.2) is 14.1 Å². The molecule has 2 fully saturated rings. The lowest BCUT2D eigenvalue weighted by Gasteiger charge is -2.42. The zero-order chi connectivity index (χ0) is 50.2. The van der Waals surface area contributed by atoms with Crippen molar-refractivity contribution >= 4 is 57.9 Å². The van der Waals surface area contributed by atoms with Crippen molar-refractivity contribution in [2.24, 2.45) is 11.3 Å². The standard InChI is InChI=1S/C50H79N5O10Si2/c1-17-24-62-48(60)54-43(31(2)3)45(57)51-35(10)44(56)52-37-20-18-36(19-21-37)28-63-47(59)53-40-26-42(65-67(32(4)5,33(6)7)34(8)9)41(61-14)25-39(40)46(58)55-30-50(22-23-50)27-38(55)29-64-66(15,16)49(11,12)13/h17-21,25-26,31-35,38,43H,1,22-24,27-30H2,2-16H3,(H,51,57)(H,52,56)(H,53,59)(H,54,60)/t35-,38-,43+/m0/s1. The van der Waals surface area contributed by atoms with Gasteiger partial charge in [-0.05, 0) is 96.0 Å². The van der Waals surface area contributed by atoms with E-state index in [9.17, 15) is 24.0 Å². The van der Waals surface area contributed by atoms with E-state index in [4.69, 9.17) is 23.1 Å². The van der Waals surface area contributed by atoms with Gasteiger partial charge in [-0.2, -0.15) is 0 Å². The number of hydrogen-bond donors (Lipinski definition) is 4. The van der Waals surface area contributed by atoms with Gasteiger partial charge in [0.25, 0.3) is 14.2 Å². The first-order chi connectivity index (χ1) is 31.2. The second-order valence-corrected chi connectivity index (χ2v) is 31.4. The average molecular weight is 966 g/mol. The third-order valence-corrected chi connectivity index (χ3v) is 24.4. The number of nitrogens with zero attached hydrogens (tertiary/aromatic N) is 1. The highest BCUT2D eigenvalue weighted by atomic mass is 28.4. The van der Waals surface area contributed by atoms with Gasteiger partial charge >= 0.3 is 12.2 Å². The van der Waals surface area contributed by atoms with E-state index in [1.54, 1.807) is 57.4 Å². The van der Waals surface area contributed by atoms with Crippen molar-refractivity contribution in [3.05, 3.63) is 60.2 Å². The molecule has 15 nitrogen and oxygen atoms in total. The monoisotopic (exact) mass is 966 g/mol. The number of anilines is 2.